The van der Waals surface area contributed by atoms with Crippen molar-refractivity contribution in [2.45, 2.75) is 0 Å². The van der Waals surface area contributed by atoms with Gasteiger partial charge in [0.25, 0.3) is 0 Å². The Hall–Kier alpha value is -2.25. The lowest BCUT2D eigenvalue weighted by molar-refractivity contribution is 0.631. The first-order valence-corrected chi connectivity index (χ1v) is 6.86. The van der Waals surface area contributed by atoms with Gasteiger partial charge in [-0.3, -0.25) is 0 Å². The SMILES string of the molecule is Clc1ccc2ccc(-c3cc4ccccc4o3)cc2c1. The van der Waals surface area contributed by atoms with Gasteiger partial charge in [-0.25, -0.2) is 0 Å². The molecule has 1 heterocycles. The summed E-state index contributed by atoms with van der Waals surface area (Å²) in [5.74, 6) is 0.882. The Morgan fingerprint density at radius 1 is 0.700 bits per heavy atom. The van der Waals surface area contributed by atoms with Crippen LogP contribution in [0.5, 0.6) is 0 Å². The molecule has 0 N–H and O–H groups in total. The summed E-state index contributed by atoms with van der Waals surface area (Å²) in [6.45, 7) is 0. The molecule has 4 rings (SSSR count). The van der Waals surface area contributed by atoms with Crippen LogP contribution in [0.25, 0.3) is 33.1 Å². The zero-order valence-corrected chi connectivity index (χ0v) is 11.4. The summed E-state index contributed by atoms with van der Waals surface area (Å²) in [5, 5.41) is 4.16. The monoisotopic (exact) mass is 278 g/mol. The van der Waals surface area contributed by atoms with E-state index in [2.05, 4.69) is 30.3 Å². The van der Waals surface area contributed by atoms with E-state index in [9.17, 15) is 0 Å². The summed E-state index contributed by atoms with van der Waals surface area (Å²) in [7, 11) is 0. The van der Waals surface area contributed by atoms with Gasteiger partial charge in [0.15, 0.2) is 0 Å². The third kappa shape index (κ3) is 1.87. The van der Waals surface area contributed by atoms with Gasteiger partial charge in [0.2, 0.25) is 0 Å². The molecular formula is C18H11ClO. The van der Waals surface area contributed by atoms with Crippen LogP contribution >= 0.6 is 11.6 Å². The smallest absolute Gasteiger partial charge is 0.135 e. The quantitative estimate of drug-likeness (QED) is 0.422. The molecule has 0 saturated heterocycles. The first-order chi connectivity index (χ1) is 9.79. The molecule has 1 aromatic heterocycles. The van der Waals surface area contributed by atoms with Gasteiger partial charge >= 0.3 is 0 Å². The first-order valence-electron chi connectivity index (χ1n) is 6.48. The van der Waals surface area contributed by atoms with Crippen molar-refractivity contribution in [2.24, 2.45) is 0 Å². The van der Waals surface area contributed by atoms with Gasteiger partial charge in [-0.05, 0) is 41.1 Å². The maximum atomic E-state index is 6.06. The normalized spacial score (nSPS) is 11.2. The van der Waals surface area contributed by atoms with Gasteiger partial charge in [0.05, 0.1) is 0 Å². The fraction of sp³-hybridized carbons (Fsp3) is 0. The zero-order chi connectivity index (χ0) is 13.5. The molecule has 0 aliphatic carbocycles. The van der Waals surface area contributed by atoms with Gasteiger partial charge in [-0.1, -0.05) is 48.0 Å². The fourth-order valence-electron chi connectivity index (χ4n) is 2.49. The van der Waals surface area contributed by atoms with Crippen molar-refractivity contribution < 1.29 is 4.42 Å². The third-order valence-corrected chi connectivity index (χ3v) is 3.75. The van der Waals surface area contributed by atoms with Crippen LogP contribution in [0.1, 0.15) is 0 Å². The summed E-state index contributed by atoms with van der Waals surface area (Å²) in [4.78, 5) is 0. The molecule has 1 nitrogen and oxygen atoms in total. The number of hydrogen-bond donors (Lipinski definition) is 0. The van der Waals surface area contributed by atoms with E-state index < -0.39 is 0 Å². The molecule has 4 aromatic rings. The number of rotatable bonds is 1. The van der Waals surface area contributed by atoms with E-state index >= 15 is 0 Å². The van der Waals surface area contributed by atoms with Crippen molar-refractivity contribution in [1.29, 1.82) is 0 Å². The Kier molecular flexibility index (Phi) is 2.54. The summed E-state index contributed by atoms with van der Waals surface area (Å²) >= 11 is 6.06. The Balaban J connectivity index is 1.92. The van der Waals surface area contributed by atoms with E-state index in [-0.39, 0.29) is 0 Å². The highest BCUT2D eigenvalue weighted by Gasteiger charge is 2.06. The molecule has 2 heteroatoms. The topological polar surface area (TPSA) is 13.1 Å². The lowest BCUT2D eigenvalue weighted by atomic mass is 10.1. The molecule has 0 amide bonds. The second-order valence-corrected chi connectivity index (χ2v) is 5.29. The van der Waals surface area contributed by atoms with E-state index in [0.29, 0.717) is 0 Å². The summed E-state index contributed by atoms with van der Waals surface area (Å²) in [6.07, 6.45) is 0. The maximum Gasteiger partial charge on any atom is 0.135 e. The van der Waals surface area contributed by atoms with Crippen LogP contribution in [0.4, 0.5) is 0 Å². The predicted molar refractivity (Wildman–Crippen MR) is 84.2 cm³/mol. The van der Waals surface area contributed by atoms with E-state index in [4.69, 9.17) is 16.0 Å². The van der Waals surface area contributed by atoms with Crippen molar-refractivity contribution in [3.63, 3.8) is 0 Å². The molecule has 0 saturated carbocycles. The van der Waals surface area contributed by atoms with E-state index in [1.807, 2.05) is 36.4 Å². The van der Waals surface area contributed by atoms with Crippen LogP contribution < -0.4 is 0 Å². The minimum absolute atomic E-state index is 0.749. The number of benzene rings is 3. The molecule has 0 atom stereocenters. The predicted octanol–water partition coefficient (Wildman–Crippen LogP) is 5.91. The molecule has 0 aliphatic rings. The minimum Gasteiger partial charge on any atom is -0.456 e. The lowest BCUT2D eigenvalue weighted by Crippen LogP contribution is -1.76. The van der Waals surface area contributed by atoms with E-state index in [0.717, 1.165) is 32.7 Å². The largest absolute Gasteiger partial charge is 0.456 e. The van der Waals surface area contributed by atoms with Gasteiger partial charge in [-0.2, -0.15) is 0 Å². The molecule has 0 fully saturated rings. The molecular weight excluding hydrogens is 268 g/mol. The van der Waals surface area contributed by atoms with Crippen molar-refractivity contribution in [3.8, 4) is 11.3 Å². The van der Waals surface area contributed by atoms with Crippen molar-refractivity contribution in [3.05, 3.63) is 71.8 Å². The molecule has 0 bridgehead atoms. The average Bonchev–Trinajstić information content (AvgIpc) is 2.90. The number of para-hydroxylation sites is 1. The summed E-state index contributed by atoms with van der Waals surface area (Å²) in [5.41, 5.74) is 1.98. The Bertz CT molecular complexity index is 888. The summed E-state index contributed by atoms with van der Waals surface area (Å²) < 4.78 is 5.90. The number of hydrogen-bond acceptors (Lipinski definition) is 1. The summed E-state index contributed by atoms with van der Waals surface area (Å²) in [6, 6.07) is 22.3. The Labute approximate surface area is 121 Å². The van der Waals surface area contributed by atoms with Crippen LogP contribution in [0.3, 0.4) is 0 Å². The highest BCUT2D eigenvalue weighted by atomic mass is 35.5. The van der Waals surface area contributed by atoms with Gasteiger partial charge < -0.3 is 4.42 Å². The van der Waals surface area contributed by atoms with Crippen molar-refractivity contribution in [1.82, 2.24) is 0 Å². The molecule has 96 valence electrons. The van der Waals surface area contributed by atoms with Crippen LogP contribution in [0.2, 0.25) is 5.02 Å². The molecule has 0 unspecified atom stereocenters. The third-order valence-electron chi connectivity index (χ3n) is 3.51. The first kappa shape index (κ1) is 11.6. The lowest BCUT2D eigenvalue weighted by Gasteiger charge is -2.01. The highest BCUT2D eigenvalue weighted by molar-refractivity contribution is 6.31. The Morgan fingerprint density at radius 3 is 2.45 bits per heavy atom. The van der Waals surface area contributed by atoms with Crippen LogP contribution in [-0.4, -0.2) is 0 Å². The minimum atomic E-state index is 0.749. The molecule has 0 spiro atoms. The zero-order valence-electron chi connectivity index (χ0n) is 10.6. The van der Waals surface area contributed by atoms with E-state index in [1.165, 1.54) is 5.39 Å². The number of halogens is 1. The van der Waals surface area contributed by atoms with Crippen LogP contribution in [-0.2, 0) is 0 Å². The average molecular weight is 279 g/mol. The molecule has 0 aliphatic heterocycles. The standard InChI is InChI=1S/C18H11ClO/c19-16-8-7-12-5-6-14(9-15(12)10-16)18-11-13-3-1-2-4-17(13)20-18/h1-11H. The second-order valence-electron chi connectivity index (χ2n) is 4.85. The maximum absolute atomic E-state index is 6.06. The highest BCUT2D eigenvalue weighted by Crippen LogP contribution is 2.30. The number of fused-ring (bicyclic) bond motifs is 2. The van der Waals surface area contributed by atoms with Gasteiger partial charge in [-0.15, -0.1) is 0 Å². The van der Waals surface area contributed by atoms with Gasteiger partial charge in [0, 0.05) is 16.0 Å². The second kappa shape index (κ2) is 4.39. The van der Waals surface area contributed by atoms with Gasteiger partial charge in [0.1, 0.15) is 11.3 Å². The Morgan fingerprint density at radius 2 is 1.55 bits per heavy atom. The van der Waals surface area contributed by atoms with Crippen LogP contribution in [0.15, 0.2) is 71.1 Å². The van der Waals surface area contributed by atoms with Crippen molar-refractivity contribution in [2.75, 3.05) is 0 Å². The van der Waals surface area contributed by atoms with Crippen LogP contribution in [0, 0.1) is 0 Å². The fourth-order valence-corrected chi connectivity index (χ4v) is 2.68. The molecule has 3 aromatic carbocycles. The van der Waals surface area contributed by atoms with Crippen molar-refractivity contribution >= 4 is 33.3 Å². The molecule has 20 heavy (non-hydrogen) atoms. The van der Waals surface area contributed by atoms with E-state index in [1.54, 1.807) is 0 Å². The molecule has 0 radical (unpaired) electrons. The number of furan rings is 1.